The van der Waals surface area contributed by atoms with Crippen LogP contribution in [-0.2, 0) is 11.3 Å². The standard InChI is InChI=1S/C24H28N4O3S/c1-4-17(2)25-22(29)15-28(14-18-9-6-5-7-10-18)23(30)21-16-32-24(27-21)26-19-11-8-12-20(13-19)31-3/h5-13,16-17H,4,14-15H2,1-3H3,(H,25,29)(H,26,27)/t17-/m0/s1. The van der Waals surface area contributed by atoms with Crippen LogP contribution in [0.4, 0.5) is 10.8 Å². The molecular formula is C24H28N4O3S. The van der Waals surface area contributed by atoms with Gasteiger partial charge in [-0.2, -0.15) is 0 Å². The SMILES string of the molecule is CC[C@H](C)NC(=O)CN(Cc1ccccc1)C(=O)c1csc(Nc2cccc(OC)c2)n1. The quantitative estimate of drug-likeness (QED) is 0.475. The van der Waals surface area contributed by atoms with Crippen molar-refractivity contribution in [3.8, 4) is 5.75 Å². The highest BCUT2D eigenvalue weighted by Gasteiger charge is 2.22. The van der Waals surface area contributed by atoms with Crippen molar-refractivity contribution >= 4 is 34.0 Å². The second-order valence-corrected chi connectivity index (χ2v) is 8.28. The monoisotopic (exact) mass is 452 g/mol. The van der Waals surface area contributed by atoms with Gasteiger partial charge in [-0.1, -0.05) is 43.3 Å². The second kappa shape index (κ2) is 11.3. The van der Waals surface area contributed by atoms with Crippen LogP contribution in [0.5, 0.6) is 5.75 Å². The van der Waals surface area contributed by atoms with E-state index in [2.05, 4.69) is 15.6 Å². The molecule has 7 nitrogen and oxygen atoms in total. The Balaban J connectivity index is 1.75. The molecule has 1 aromatic heterocycles. The minimum absolute atomic E-state index is 0.0335. The smallest absolute Gasteiger partial charge is 0.274 e. The molecule has 0 radical (unpaired) electrons. The summed E-state index contributed by atoms with van der Waals surface area (Å²) in [5.74, 6) is 0.251. The number of amides is 2. The summed E-state index contributed by atoms with van der Waals surface area (Å²) < 4.78 is 5.24. The van der Waals surface area contributed by atoms with E-state index in [4.69, 9.17) is 4.74 Å². The number of methoxy groups -OCH3 is 1. The number of nitrogens with zero attached hydrogens (tertiary/aromatic N) is 2. The van der Waals surface area contributed by atoms with E-state index in [1.807, 2.05) is 68.4 Å². The summed E-state index contributed by atoms with van der Waals surface area (Å²) in [6, 6.07) is 17.1. The predicted octanol–water partition coefficient (Wildman–Crippen LogP) is 4.45. The average molecular weight is 453 g/mol. The third-order valence-electron chi connectivity index (χ3n) is 4.90. The lowest BCUT2D eigenvalue weighted by atomic mass is 10.2. The Hall–Kier alpha value is -3.39. The maximum absolute atomic E-state index is 13.2. The molecule has 0 fully saturated rings. The fourth-order valence-electron chi connectivity index (χ4n) is 3.01. The molecule has 32 heavy (non-hydrogen) atoms. The van der Waals surface area contributed by atoms with Crippen LogP contribution < -0.4 is 15.4 Å². The lowest BCUT2D eigenvalue weighted by Gasteiger charge is -2.22. The average Bonchev–Trinajstić information content (AvgIpc) is 3.27. The molecule has 2 aromatic carbocycles. The van der Waals surface area contributed by atoms with Gasteiger partial charge in [0.05, 0.1) is 7.11 Å². The van der Waals surface area contributed by atoms with Crippen molar-refractivity contribution < 1.29 is 14.3 Å². The number of aromatic nitrogens is 1. The molecule has 0 saturated carbocycles. The van der Waals surface area contributed by atoms with Crippen LogP contribution in [0.3, 0.4) is 0 Å². The number of thiazole rings is 1. The minimum Gasteiger partial charge on any atom is -0.497 e. The Kier molecular flexibility index (Phi) is 8.21. The van der Waals surface area contributed by atoms with Gasteiger partial charge < -0.3 is 20.3 Å². The van der Waals surface area contributed by atoms with E-state index in [-0.39, 0.29) is 24.4 Å². The minimum atomic E-state index is -0.289. The molecule has 0 aliphatic heterocycles. The summed E-state index contributed by atoms with van der Waals surface area (Å²) in [7, 11) is 1.61. The Labute approximate surface area is 192 Å². The molecule has 0 spiro atoms. The van der Waals surface area contributed by atoms with Gasteiger partial charge in [-0.25, -0.2) is 4.98 Å². The van der Waals surface area contributed by atoms with Gasteiger partial charge in [-0.3, -0.25) is 9.59 Å². The van der Waals surface area contributed by atoms with Crippen LogP contribution >= 0.6 is 11.3 Å². The van der Waals surface area contributed by atoms with Crippen LogP contribution in [0.1, 0.15) is 36.3 Å². The molecular weight excluding hydrogens is 424 g/mol. The molecule has 0 bridgehead atoms. The van der Waals surface area contributed by atoms with Gasteiger partial charge in [-0.05, 0) is 31.0 Å². The van der Waals surface area contributed by atoms with E-state index in [1.165, 1.54) is 16.2 Å². The highest BCUT2D eigenvalue weighted by molar-refractivity contribution is 7.14. The molecule has 0 unspecified atom stereocenters. The third kappa shape index (κ3) is 6.55. The van der Waals surface area contributed by atoms with Gasteiger partial charge in [0.2, 0.25) is 5.91 Å². The van der Waals surface area contributed by atoms with E-state index in [1.54, 1.807) is 12.5 Å². The lowest BCUT2D eigenvalue weighted by Crippen LogP contribution is -2.43. The van der Waals surface area contributed by atoms with Crippen LogP contribution in [-0.4, -0.2) is 41.4 Å². The summed E-state index contributed by atoms with van der Waals surface area (Å²) >= 11 is 1.33. The first kappa shape index (κ1) is 23.3. The van der Waals surface area contributed by atoms with Crippen molar-refractivity contribution in [3.63, 3.8) is 0 Å². The zero-order chi connectivity index (χ0) is 22.9. The van der Waals surface area contributed by atoms with Gasteiger partial charge in [0.25, 0.3) is 5.91 Å². The number of benzene rings is 2. The Morgan fingerprint density at radius 1 is 1.16 bits per heavy atom. The zero-order valence-electron chi connectivity index (χ0n) is 18.5. The normalized spacial score (nSPS) is 11.5. The van der Waals surface area contributed by atoms with Crippen molar-refractivity contribution in [3.05, 3.63) is 71.2 Å². The maximum Gasteiger partial charge on any atom is 0.274 e. The highest BCUT2D eigenvalue weighted by atomic mass is 32.1. The van der Waals surface area contributed by atoms with Crippen molar-refractivity contribution in [1.82, 2.24) is 15.2 Å². The molecule has 3 aromatic rings. The molecule has 0 aliphatic carbocycles. The molecule has 168 valence electrons. The van der Waals surface area contributed by atoms with Gasteiger partial charge in [0.15, 0.2) is 5.13 Å². The summed E-state index contributed by atoms with van der Waals surface area (Å²) in [6.07, 6.45) is 0.823. The number of ether oxygens (including phenoxy) is 1. The van der Waals surface area contributed by atoms with E-state index in [9.17, 15) is 9.59 Å². The van der Waals surface area contributed by atoms with Gasteiger partial charge in [0.1, 0.15) is 18.0 Å². The Bertz CT molecular complexity index is 1040. The van der Waals surface area contributed by atoms with E-state index in [0.717, 1.165) is 23.4 Å². The van der Waals surface area contributed by atoms with Crippen molar-refractivity contribution in [1.29, 1.82) is 0 Å². The molecule has 2 amide bonds. The number of carbonyl (C=O) groups is 2. The van der Waals surface area contributed by atoms with Crippen LogP contribution in [0, 0.1) is 0 Å². The number of hydrogen-bond acceptors (Lipinski definition) is 6. The van der Waals surface area contributed by atoms with Crippen LogP contribution in [0.25, 0.3) is 0 Å². The zero-order valence-corrected chi connectivity index (χ0v) is 19.3. The molecule has 1 heterocycles. The highest BCUT2D eigenvalue weighted by Crippen LogP contribution is 2.24. The van der Waals surface area contributed by atoms with Crippen molar-refractivity contribution in [2.75, 3.05) is 19.0 Å². The van der Waals surface area contributed by atoms with Crippen LogP contribution in [0.2, 0.25) is 0 Å². The molecule has 0 aliphatic rings. The molecule has 8 heteroatoms. The van der Waals surface area contributed by atoms with Gasteiger partial charge in [-0.15, -0.1) is 11.3 Å². The number of nitrogens with one attached hydrogen (secondary N) is 2. The van der Waals surface area contributed by atoms with E-state index >= 15 is 0 Å². The number of rotatable bonds is 10. The number of hydrogen-bond donors (Lipinski definition) is 2. The fourth-order valence-corrected chi connectivity index (χ4v) is 3.72. The predicted molar refractivity (Wildman–Crippen MR) is 127 cm³/mol. The van der Waals surface area contributed by atoms with Crippen molar-refractivity contribution in [2.24, 2.45) is 0 Å². The Morgan fingerprint density at radius 3 is 2.66 bits per heavy atom. The van der Waals surface area contributed by atoms with E-state index in [0.29, 0.717) is 17.4 Å². The summed E-state index contributed by atoms with van der Waals surface area (Å²) in [5, 5.41) is 8.41. The van der Waals surface area contributed by atoms with Crippen molar-refractivity contribution in [2.45, 2.75) is 32.9 Å². The number of anilines is 2. The van der Waals surface area contributed by atoms with Gasteiger partial charge in [0, 0.05) is 29.7 Å². The first-order valence-corrected chi connectivity index (χ1v) is 11.4. The fraction of sp³-hybridized carbons (Fsp3) is 0.292. The van der Waals surface area contributed by atoms with Crippen LogP contribution in [0.15, 0.2) is 60.0 Å². The number of carbonyl (C=O) groups excluding carboxylic acids is 2. The first-order valence-electron chi connectivity index (χ1n) is 10.5. The Morgan fingerprint density at radius 2 is 1.94 bits per heavy atom. The van der Waals surface area contributed by atoms with Gasteiger partial charge >= 0.3 is 0 Å². The topological polar surface area (TPSA) is 83.6 Å². The lowest BCUT2D eigenvalue weighted by molar-refractivity contribution is -0.122. The summed E-state index contributed by atoms with van der Waals surface area (Å²) in [5.41, 5.74) is 2.06. The second-order valence-electron chi connectivity index (χ2n) is 7.42. The largest absolute Gasteiger partial charge is 0.497 e. The molecule has 0 saturated heterocycles. The molecule has 2 N–H and O–H groups in total. The molecule has 1 atom stereocenters. The molecule has 3 rings (SSSR count). The van der Waals surface area contributed by atoms with E-state index < -0.39 is 0 Å². The summed E-state index contributed by atoms with van der Waals surface area (Å²) in [4.78, 5) is 31.7. The first-order chi connectivity index (χ1) is 15.5. The third-order valence-corrected chi connectivity index (χ3v) is 5.66. The summed E-state index contributed by atoms with van der Waals surface area (Å²) in [6.45, 7) is 4.24. The maximum atomic E-state index is 13.2.